The summed E-state index contributed by atoms with van der Waals surface area (Å²) in [5.74, 6) is 0. The molecular weight excluding hydrogens is 751 g/mol. The number of furan rings is 1. The van der Waals surface area contributed by atoms with E-state index in [-0.39, 0.29) is 0 Å². The molecule has 0 atom stereocenters. The van der Waals surface area contributed by atoms with Crippen LogP contribution in [0.4, 0.5) is 17.1 Å². The molecule has 0 spiro atoms. The molecule has 0 N–H and O–H groups in total. The second-order valence-corrected chi connectivity index (χ2v) is 15.6. The predicted molar refractivity (Wildman–Crippen MR) is 261 cm³/mol. The Balaban J connectivity index is 1.10. The van der Waals surface area contributed by atoms with Crippen LogP contribution in [0.15, 0.2) is 253 Å². The molecule has 0 saturated heterocycles. The monoisotopic (exact) mass is 791 g/mol. The van der Waals surface area contributed by atoms with Crippen LogP contribution in [0, 0.1) is 0 Å². The van der Waals surface area contributed by atoms with Crippen molar-refractivity contribution < 1.29 is 4.42 Å². The summed E-state index contributed by atoms with van der Waals surface area (Å²) in [7, 11) is 0. The van der Waals surface area contributed by atoms with Gasteiger partial charge in [0.05, 0.1) is 5.69 Å². The van der Waals surface area contributed by atoms with Gasteiger partial charge in [0.15, 0.2) is 0 Å². The topological polar surface area (TPSA) is 16.4 Å². The van der Waals surface area contributed by atoms with E-state index >= 15 is 0 Å². The Labute approximate surface area is 362 Å². The third-order valence-corrected chi connectivity index (χ3v) is 11.9. The lowest BCUT2D eigenvalue weighted by Gasteiger charge is -2.30. The molecule has 11 aromatic rings. The predicted octanol–water partition coefficient (Wildman–Crippen LogP) is 17.1. The maximum atomic E-state index is 6.49. The maximum absolute atomic E-state index is 6.49. The lowest BCUT2D eigenvalue weighted by Crippen LogP contribution is -2.12. The van der Waals surface area contributed by atoms with Crippen molar-refractivity contribution >= 4 is 39.0 Å². The van der Waals surface area contributed by atoms with Gasteiger partial charge in [-0.05, 0) is 98.1 Å². The Morgan fingerprint density at radius 1 is 0.274 bits per heavy atom. The molecule has 0 aliphatic carbocycles. The molecule has 0 saturated carbocycles. The summed E-state index contributed by atoms with van der Waals surface area (Å²) < 4.78 is 6.49. The van der Waals surface area contributed by atoms with Crippen molar-refractivity contribution in [1.82, 2.24) is 0 Å². The standard InChI is InChI=1S/C60H41NO/c1-4-17-42(18-5-1)47-23-14-24-48(41-47)43-33-37-49(38-34-43)61(50-39-35-46(36-40-50)53-29-15-30-56-54-26-12-13-32-58(54)62-60(53)56)57-31-16-28-52(45-21-8-3-9-22-45)59(57)55-27-11-10-25-51(55)44-19-6-2-7-20-44/h1-41H. The van der Waals surface area contributed by atoms with Gasteiger partial charge in [-0.3, -0.25) is 0 Å². The molecule has 2 nitrogen and oxygen atoms in total. The zero-order valence-corrected chi connectivity index (χ0v) is 34.0. The maximum Gasteiger partial charge on any atom is 0.143 e. The van der Waals surface area contributed by atoms with Gasteiger partial charge < -0.3 is 9.32 Å². The van der Waals surface area contributed by atoms with E-state index in [0.29, 0.717) is 0 Å². The number of hydrogen-bond donors (Lipinski definition) is 0. The summed E-state index contributed by atoms with van der Waals surface area (Å²) in [6.45, 7) is 0. The van der Waals surface area contributed by atoms with Crippen molar-refractivity contribution in [2.45, 2.75) is 0 Å². The zero-order chi connectivity index (χ0) is 41.2. The van der Waals surface area contributed by atoms with Gasteiger partial charge in [-0.15, -0.1) is 0 Å². The van der Waals surface area contributed by atoms with Crippen LogP contribution in [0.2, 0.25) is 0 Å². The van der Waals surface area contributed by atoms with Gasteiger partial charge in [-0.1, -0.05) is 206 Å². The van der Waals surface area contributed by atoms with Crippen LogP contribution in [-0.4, -0.2) is 0 Å². The van der Waals surface area contributed by atoms with Crippen LogP contribution in [0.1, 0.15) is 0 Å². The van der Waals surface area contributed by atoms with Gasteiger partial charge >= 0.3 is 0 Å². The molecule has 1 aromatic heterocycles. The first-order valence-corrected chi connectivity index (χ1v) is 21.2. The van der Waals surface area contributed by atoms with Gasteiger partial charge in [0.2, 0.25) is 0 Å². The number of anilines is 3. The third kappa shape index (κ3) is 6.84. The van der Waals surface area contributed by atoms with Gasteiger partial charge in [0.25, 0.3) is 0 Å². The Bertz CT molecular complexity index is 3310. The minimum absolute atomic E-state index is 0.898. The van der Waals surface area contributed by atoms with Gasteiger partial charge in [-0.2, -0.15) is 0 Å². The largest absolute Gasteiger partial charge is 0.455 e. The van der Waals surface area contributed by atoms with Gasteiger partial charge in [-0.25, -0.2) is 0 Å². The van der Waals surface area contributed by atoms with E-state index in [4.69, 9.17) is 4.42 Å². The summed E-state index contributed by atoms with van der Waals surface area (Å²) in [5.41, 5.74) is 18.9. The molecule has 0 fully saturated rings. The van der Waals surface area contributed by atoms with Crippen LogP contribution in [0.25, 0.3) is 88.7 Å². The van der Waals surface area contributed by atoms with Crippen molar-refractivity contribution in [1.29, 1.82) is 0 Å². The summed E-state index contributed by atoms with van der Waals surface area (Å²) in [5, 5.41) is 2.25. The van der Waals surface area contributed by atoms with Crippen molar-refractivity contribution in [2.75, 3.05) is 4.90 Å². The normalized spacial score (nSPS) is 11.2. The summed E-state index contributed by atoms with van der Waals surface area (Å²) in [6, 6.07) is 89.1. The fourth-order valence-electron chi connectivity index (χ4n) is 8.94. The van der Waals surface area contributed by atoms with Crippen molar-refractivity contribution in [2.24, 2.45) is 0 Å². The first-order valence-electron chi connectivity index (χ1n) is 21.2. The SMILES string of the molecule is c1ccc(-c2cccc(-c3ccc(N(c4ccc(-c5cccc6c5oc5ccccc56)cc4)c4cccc(-c5ccccc5)c4-c4ccccc4-c4ccccc4)cc3)c2)cc1. The van der Waals surface area contributed by atoms with E-state index < -0.39 is 0 Å². The first kappa shape index (κ1) is 36.8. The Kier molecular flexibility index (Phi) is 9.57. The number of benzene rings is 10. The van der Waals surface area contributed by atoms with Gasteiger partial charge in [0, 0.05) is 33.3 Å². The molecule has 11 rings (SSSR count). The minimum Gasteiger partial charge on any atom is -0.455 e. The fourth-order valence-corrected chi connectivity index (χ4v) is 8.94. The van der Waals surface area contributed by atoms with Crippen molar-refractivity contribution in [3.8, 4) is 66.8 Å². The zero-order valence-electron chi connectivity index (χ0n) is 34.0. The smallest absolute Gasteiger partial charge is 0.143 e. The highest BCUT2D eigenvalue weighted by molar-refractivity contribution is 6.09. The first-order chi connectivity index (χ1) is 30.8. The van der Waals surface area contributed by atoms with E-state index in [0.717, 1.165) is 66.8 Å². The summed E-state index contributed by atoms with van der Waals surface area (Å²) in [6.07, 6.45) is 0. The lowest BCUT2D eigenvalue weighted by molar-refractivity contribution is 0.670. The van der Waals surface area contributed by atoms with E-state index in [2.05, 4.69) is 241 Å². The quantitative estimate of drug-likeness (QED) is 0.145. The van der Waals surface area contributed by atoms with E-state index in [1.165, 1.54) is 38.9 Å². The third-order valence-electron chi connectivity index (χ3n) is 11.9. The van der Waals surface area contributed by atoms with Crippen LogP contribution in [0.5, 0.6) is 0 Å². The second kappa shape index (κ2) is 16.1. The number of nitrogens with zero attached hydrogens (tertiary/aromatic N) is 1. The average molecular weight is 792 g/mol. The molecule has 0 bridgehead atoms. The highest BCUT2D eigenvalue weighted by atomic mass is 16.3. The van der Waals surface area contributed by atoms with Crippen molar-refractivity contribution in [3.63, 3.8) is 0 Å². The number of fused-ring (bicyclic) bond motifs is 3. The molecule has 0 aliphatic heterocycles. The fraction of sp³-hybridized carbons (Fsp3) is 0. The highest BCUT2D eigenvalue weighted by Gasteiger charge is 2.23. The Hall–Kier alpha value is -8.20. The van der Waals surface area contributed by atoms with Gasteiger partial charge in [0.1, 0.15) is 11.2 Å². The molecule has 10 aromatic carbocycles. The molecule has 0 aliphatic rings. The van der Waals surface area contributed by atoms with Crippen LogP contribution < -0.4 is 4.90 Å². The molecule has 0 amide bonds. The molecular formula is C60H41NO. The van der Waals surface area contributed by atoms with E-state index in [9.17, 15) is 0 Å². The van der Waals surface area contributed by atoms with Crippen LogP contribution in [-0.2, 0) is 0 Å². The molecule has 2 heteroatoms. The highest BCUT2D eigenvalue weighted by Crippen LogP contribution is 2.48. The van der Waals surface area contributed by atoms with Crippen molar-refractivity contribution in [3.05, 3.63) is 249 Å². The Morgan fingerprint density at radius 2 is 0.710 bits per heavy atom. The lowest BCUT2D eigenvalue weighted by atomic mass is 9.87. The summed E-state index contributed by atoms with van der Waals surface area (Å²) in [4.78, 5) is 2.42. The molecule has 292 valence electrons. The molecule has 1 heterocycles. The van der Waals surface area contributed by atoms with Crippen LogP contribution >= 0.6 is 0 Å². The molecule has 0 unspecified atom stereocenters. The van der Waals surface area contributed by atoms with Crippen LogP contribution in [0.3, 0.4) is 0 Å². The van der Waals surface area contributed by atoms with E-state index in [1.54, 1.807) is 0 Å². The summed E-state index contributed by atoms with van der Waals surface area (Å²) >= 11 is 0. The number of para-hydroxylation sites is 2. The number of hydrogen-bond acceptors (Lipinski definition) is 2. The minimum atomic E-state index is 0.898. The Morgan fingerprint density at radius 3 is 1.39 bits per heavy atom. The van der Waals surface area contributed by atoms with E-state index in [1.807, 2.05) is 12.1 Å². The second-order valence-electron chi connectivity index (χ2n) is 15.6. The molecule has 62 heavy (non-hydrogen) atoms. The number of rotatable bonds is 9. The average Bonchev–Trinajstić information content (AvgIpc) is 3.75. The molecule has 0 radical (unpaired) electrons.